The standard InChI is InChI=1S/C29H33N3O5/c1-4-8-20(18-26(33)25-13-12-24(32-25)23-10-7-6-9-19(23)3)29(36)31-22(11-14-27(34)37-5-2)17-21-15-16-30-28(21)35/h1,6-7,9-14,20-22,32H,5,8,15-18H2,2-3H3,(H,30,35)(H,31,36)/b14-11+. The van der Waals surface area contributed by atoms with Crippen LogP contribution in [0.25, 0.3) is 11.3 Å². The van der Waals surface area contributed by atoms with Gasteiger partial charge >= 0.3 is 5.97 Å². The summed E-state index contributed by atoms with van der Waals surface area (Å²) in [5.74, 6) is 0.165. The Morgan fingerprint density at radius 1 is 1.24 bits per heavy atom. The molecule has 2 amide bonds. The number of Topliss-reactive ketones (excluding diaryl/α,β-unsaturated/α-hetero) is 1. The molecular formula is C29H33N3O5. The van der Waals surface area contributed by atoms with E-state index in [4.69, 9.17) is 11.2 Å². The molecule has 2 heterocycles. The summed E-state index contributed by atoms with van der Waals surface area (Å²) < 4.78 is 4.92. The van der Waals surface area contributed by atoms with Crippen LogP contribution in [0.15, 0.2) is 48.6 Å². The molecule has 1 aromatic carbocycles. The number of aromatic nitrogens is 1. The van der Waals surface area contributed by atoms with Crippen molar-refractivity contribution in [2.24, 2.45) is 11.8 Å². The van der Waals surface area contributed by atoms with Crippen molar-refractivity contribution in [3.63, 3.8) is 0 Å². The van der Waals surface area contributed by atoms with Crippen LogP contribution in [0.3, 0.4) is 0 Å². The number of carbonyl (C=O) groups excluding carboxylic acids is 4. The second-order valence-corrected chi connectivity index (χ2v) is 9.07. The zero-order chi connectivity index (χ0) is 26.8. The second kappa shape index (κ2) is 13.3. The average molecular weight is 504 g/mol. The van der Waals surface area contributed by atoms with Gasteiger partial charge in [-0.2, -0.15) is 0 Å². The summed E-state index contributed by atoms with van der Waals surface area (Å²) in [6.07, 6.45) is 9.23. The molecule has 0 saturated carbocycles. The Labute approximate surface area is 217 Å². The van der Waals surface area contributed by atoms with Crippen molar-refractivity contribution in [2.75, 3.05) is 13.2 Å². The zero-order valence-corrected chi connectivity index (χ0v) is 21.2. The summed E-state index contributed by atoms with van der Waals surface area (Å²) in [6, 6.07) is 10.8. The van der Waals surface area contributed by atoms with Crippen LogP contribution in [0.5, 0.6) is 0 Å². The minimum atomic E-state index is -0.765. The van der Waals surface area contributed by atoms with Crippen LogP contribution in [0, 0.1) is 31.1 Å². The Hall–Kier alpha value is -4.12. The molecule has 1 aliphatic rings. The first-order chi connectivity index (χ1) is 17.8. The number of hydrogen-bond acceptors (Lipinski definition) is 5. The fourth-order valence-corrected chi connectivity index (χ4v) is 4.37. The number of amides is 2. The number of aromatic amines is 1. The smallest absolute Gasteiger partial charge is 0.330 e. The van der Waals surface area contributed by atoms with Crippen LogP contribution in [-0.4, -0.2) is 47.7 Å². The predicted molar refractivity (Wildman–Crippen MR) is 140 cm³/mol. The number of rotatable bonds is 12. The number of ether oxygens (including phenoxy) is 1. The monoisotopic (exact) mass is 503 g/mol. The first-order valence-corrected chi connectivity index (χ1v) is 12.5. The Kier molecular flexibility index (Phi) is 9.84. The van der Waals surface area contributed by atoms with Crippen molar-refractivity contribution in [2.45, 2.75) is 45.6 Å². The van der Waals surface area contributed by atoms with Gasteiger partial charge in [0.1, 0.15) is 0 Å². The van der Waals surface area contributed by atoms with E-state index in [2.05, 4.69) is 21.5 Å². The number of hydrogen-bond donors (Lipinski definition) is 3. The molecule has 1 aromatic heterocycles. The molecule has 2 aromatic rings. The van der Waals surface area contributed by atoms with Crippen LogP contribution in [0.4, 0.5) is 0 Å². The Morgan fingerprint density at radius 3 is 2.70 bits per heavy atom. The molecular weight excluding hydrogens is 470 g/mol. The number of terminal acetylenes is 1. The fraction of sp³-hybridized carbons (Fsp3) is 0.379. The van der Waals surface area contributed by atoms with E-state index in [1.54, 1.807) is 13.0 Å². The van der Waals surface area contributed by atoms with Gasteiger partial charge in [-0.1, -0.05) is 30.3 Å². The van der Waals surface area contributed by atoms with Crippen LogP contribution in [-0.2, 0) is 19.1 Å². The first kappa shape index (κ1) is 27.5. The SMILES string of the molecule is C#CCC(CC(=O)c1ccc(-c2ccccc2C)[nH]1)C(=O)NC(/C=C/C(=O)OCC)CC1CCNC1=O. The fourth-order valence-electron chi connectivity index (χ4n) is 4.37. The van der Waals surface area contributed by atoms with Gasteiger partial charge < -0.3 is 20.4 Å². The zero-order valence-electron chi connectivity index (χ0n) is 21.2. The van der Waals surface area contributed by atoms with Crippen molar-refractivity contribution in [1.82, 2.24) is 15.6 Å². The van der Waals surface area contributed by atoms with Crippen LogP contribution < -0.4 is 10.6 Å². The van der Waals surface area contributed by atoms with Crippen LogP contribution in [0.2, 0.25) is 0 Å². The van der Waals surface area contributed by atoms with Gasteiger partial charge in [0.2, 0.25) is 11.8 Å². The molecule has 1 saturated heterocycles. The normalized spacial score (nSPS) is 16.6. The second-order valence-electron chi connectivity index (χ2n) is 9.07. The minimum absolute atomic E-state index is 0.0706. The molecule has 0 radical (unpaired) electrons. The van der Waals surface area contributed by atoms with E-state index in [0.29, 0.717) is 25.1 Å². The molecule has 1 aliphatic heterocycles. The third-order valence-electron chi connectivity index (χ3n) is 6.37. The van der Waals surface area contributed by atoms with Crippen LogP contribution >= 0.6 is 0 Å². The molecule has 0 spiro atoms. The summed E-state index contributed by atoms with van der Waals surface area (Å²) in [4.78, 5) is 53.3. The number of nitrogens with one attached hydrogen (secondary N) is 3. The number of esters is 1. The van der Waals surface area contributed by atoms with Gasteiger partial charge in [-0.05, 0) is 44.4 Å². The lowest BCUT2D eigenvalue weighted by Gasteiger charge is -2.21. The third kappa shape index (κ3) is 7.68. The highest BCUT2D eigenvalue weighted by atomic mass is 16.5. The van der Waals surface area contributed by atoms with E-state index in [0.717, 1.165) is 16.8 Å². The molecule has 37 heavy (non-hydrogen) atoms. The van der Waals surface area contributed by atoms with Crippen LogP contribution in [0.1, 0.15) is 48.7 Å². The van der Waals surface area contributed by atoms with Gasteiger partial charge in [-0.3, -0.25) is 14.4 Å². The maximum atomic E-state index is 13.2. The lowest BCUT2D eigenvalue weighted by molar-refractivity contribution is -0.137. The molecule has 0 aliphatic carbocycles. The van der Waals surface area contributed by atoms with Crippen molar-refractivity contribution in [1.29, 1.82) is 0 Å². The molecule has 3 N–H and O–H groups in total. The molecule has 1 fully saturated rings. The van der Waals surface area contributed by atoms with E-state index in [1.165, 1.54) is 12.2 Å². The Bertz CT molecular complexity index is 1210. The summed E-state index contributed by atoms with van der Waals surface area (Å²) in [5.41, 5.74) is 3.28. The van der Waals surface area contributed by atoms with Gasteiger partial charge in [0.25, 0.3) is 0 Å². The third-order valence-corrected chi connectivity index (χ3v) is 6.37. The van der Waals surface area contributed by atoms with Gasteiger partial charge in [-0.15, -0.1) is 12.3 Å². The molecule has 8 heteroatoms. The number of ketones is 1. The first-order valence-electron chi connectivity index (χ1n) is 12.5. The van der Waals surface area contributed by atoms with E-state index < -0.39 is 23.8 Å². The lowest BCUT2D eigenvalue weighted by Crippen LogP contribution is -2.40. The predicted octanol–water partition coefficient (Wildman–Crippen LogP) is 3.33. The number of H-pyrrole nitrogens is 1. The number of aryl methyl sites for hydroxylation is 1. The van der Waals surface area contributed by atoms with Crippen molar-refractivity contribution in [3.05, 3.63) is 59.8 Å². The maximum Gasteiger partial charge on any atom is 0.330 e. The molecule has 8 nitrogen and oxygen atoms in total. The Balaban J connectivity index is 1.71. The highest BCUT2D eigenvalue weighted by molar-refractivity contribution is 5.98. The quantitative estimate of drug-likeness (QED) is 0.178. The summed E-state index contributed by atoms with van der Waals surface area (Å²) in [5, 5.41) is 5.65. The minimum Gasteiger partial charge on any atom is -0.463 e. The van der Waals surface area contributed by atoms with E-state index in [-0.39, 0.29) is 37.1 Å². The maximum absolute atomic E-state index is 13.2. The summed E-state index contributed by atoms with van der Waals surface area (Å²) >= 11 is 0. The molecule has 0 bridgehead atoms. The van der Waals surface area contributed by atoms with Crippen molar-refractivity contribution >= 4 is 23.6 Å². The largest absolute Gasteiger partial charge is 0.463 e. The van der Waals surface area contributed by atoms with Gasteiger partial charge in [-0.25, -0.2) is 4.79 Å². The Morgan fingerprint density at radius 2 is 2.03 bits per heavy atom. The van der Waals surface area contributed by atoms with Crippen molar-refractivity contribution in [3.8, 4) is 23.6 Å². The molecule has 3 unspecified atom stereocenters. The lowest BCUT2D eigenvalue weighted by atomic mass is 9.94. The number of carbonyl (C=O) groups is 4. The molecule has 3 atom stereocenters. The van der Waals surface area contributed by atoms with E-state index >= 15 is 0 Å². The molecule has 194 valence electrons. The average Bonchev–Trinajstić information content (AvgIpc) is 3.52. The van der Waals surface area contributed by atoms with Gasteiger partial charge in [0.15, 0.2) is 5.78 Å². The van der Waals surface area contributed by atoms with Crippen molar-refractivity contribution < 1.29 is 23.9 Å². The van der Waals surface area contributed by atoms with E-state index in [9.17, 15) is 19.2 Å². The van der Waals surface area contributed by atoms with Gasteiger partial charge in [0, 0.05) is 48.7 Å². The number of benzene rings is 1. The molecule has 3 rings (SSSR count). The summed E-state index contributed by atoms with van der Waals surface area (Å²) in [6.45, 7) is 4.49. The highest BCUT2D eigenvalue weighted by Gasteiger charge is 2.29. The highest BCUT2D eigenvalue weighted by Crippen LogP contribution is 2.24. The van der Waals surface area contributed by atoms with Gasteiger partial charge in [0.05, 0.1) is 18.2 Å². The van der Waals surface area contributed by atoms with E-state index in [1.807, 2.05) is 37.3 Å². The summed E-state index contributed by atoms with van der Waals surface area (Å²) in [7, 11) is 0. The topological polar surface area (TPSA) is 117 Å².